The number of nitrogens with one attached hydrogen (secondary N) is 1. The molecule has 1 fully saturated rings. The lowest BCUT2D eigenvalue weighted by molar-refractivity contribution is -0.139. The second kappa shape index (κ2) is 4.30. The van der Waals surface area contributed by atoms with Crippen molar-refractivity contribution in [2.24, 2.45) is 11.8 Å². The molecule has 1 aromatic carbocycles. The Balaban J connectivity index is 2.00. The van der Waals surface area contributed by atoms with Gasteiger partial charge in [-0.3, -0.25) is 9.59 Å². The Morgan fingerprint density at radius 3 is 2.76 bits per heavy atom. The van der Waals surface area contributed by atoms with E-state index >= 15 is 0 Å². The van der Waals surface area contributed by atoms with Crippen LogP contribution in [0.4, 0.5) is 5.69 Å². The number of anilines is 1. The van der Waals surface area contributed by atoms with Crippen molar-refractivity contribution < 1.29 is 14.7 Å². The largest absolute Gasteiger partial charge is 0.481 e. The number of carbonyl (C=O) groups is 2. The van der Waals surface area contributed by atoms with Gasteiger partial charge in [-0.15, -0.1) is 6.42 Å². The van der Waals surface area contributed by atoms with Crippen LogP contribution in [0.25, 0.3) is 0 Å². The molecule has 2 atom stereocenters. The van der Waals surface area contributed by atoms with Crippen LogP contribution in [0.3, 0.4) is 0 Å². The van der Waals surface area contributed by atoms with Crippen LogP contribution in [0, 0.1) is 24.2 Å². The van der Waals surface area contributed by atoms with E-state index in [9.17, 15) is 9.59 Å². The van der Waals surface area contributed by atoms with E-state index < -0.39 is 17.8 Å². The van der Waals surface area contributed by atoms with Gasteiger partial charge in [0.2, 0.25) is 5.91 Å². The van der Waals surface area contributed by atoms with Crippen LogP contribution >= 0.6 is 0 Å². The van der Waals surface area contributed by atoms with Crippen LogP contribution in [-0.4, -0.2) is 17.0 Å². The number of aliphatic carboxylic acids is 1. The number of terminal acetylenes is 1. The molecule has 4 heteroatoms. The molecular formula is C13H11NO3. The summed E-state index contributed by atoms with van der Waals surface area (Å²) in [5.74, 6) is 0.344. The normalized spacial score (nSPS) is 21.4. The zero-order chi connectivity index (χ0) is 12.4. The number of hydrogen-bond donors (Lipinski definition) is 2. The summed E-state index contributed by atoms with van der Waals surface area (Å²) in [6, 6.07) is 6.90. The average molecular weight is 229 g/mol. The second-order valence-electron chi connectivity index (χ2n) is 4.00. The van der Waals surface area contributed by atoms with E-state index in [1.54, 1.807) is 24.3 Å². The first-order valence-corrected chi connectivity index (χ1v) is 5.22. The first-order chi connectivity index (χ1) is 8.11. The van der Waals surface area contributed by atoms with Crippen LogP contribution in [-0.2, 0) is 9.59 Å². The van der Waals surface area contributed by atoms with E-state index in [0.717, 1.165) is 0 Å². The smallest absolute Gasteiger partial charge is 0.307 e. The number of hydrogen-bond acceptors (Lipinski definition) is 2. The molecule has 1 amide bonds. The molecular weight excluding hydrogens is 218 g/mol. The molecule has 17 heavy (non-hydrogen) atoms. The molecule has 1 saturated carbocycles. The number of amides is 1. The third kappa shape index (κ3) is 2.45. The molecule has 0 aliphatic heterocycles. The van der Waals surface area contributed by atoms with Crippen LogP contribution in [0.15, 0.2) is 24.3 Å². The zero-order valence-corrected chi connectivity index (χ0v) is 9.01. The van der Waals surface area contributed by atoms with Crippen LogP contribution in [0.5, 0.6) is 0 Å². The number of carboxylic acids is 1. The predicted octanol–water partition coefficient (Wildman–Crippen LogP) is 1.33. The molecule has 1 aliphatic rings. The molecule has 0 bridgehead atoms. The summed E-state index contributed by atoms with van der Waals surface area (Å²) in [5.41, 5.74) is 1.27. The summed E-state index contributed by atoms with van der Waals surface area (Å²) in [4.78, 5) is 22.3. The lowest BCUT2D eigenvalue weighted by Crippen LogP contribution is -2.16. The summed E-state index contributed by atoms with van der Waals surface area (Å²) in [7, 11) is 0. The summed E-state index contributed by atoms with van der Waals surface area (Å²) in [6.07, 6.45) is 5.66. The highest BCUT2D eigenvalue weighted by Gasteiger charge is 2.48. The standard InChI is InChI=1S/C13H11NO3/c1-2-8-4-3-5-9(6-8)14-12(15)10-7-11(10)13(16)17/h1,3-6,10-11H,7H2,(H,14,15)(H,16,17). The van der Waals surface area contributed by atoms with E-state index in [1.165, 1.54) is 0 Å². The van der Waals surface area contributed by atoms with E-state index in [1.807, 2.05) is 0 Å². The Bertz CT molecular complexity index is 516. The lowest BCUT2D eigenvalue weighted by atomic mass is 10.2. The third-order valence-electron chi connectivity index (χ3n) is 2.74. The fourth-order valence-corrected chi connectivity index (χ4v) is 1.68. The Kier molecular flexibility index (Phi) is 2.84. The summed E-state index contributed by atoms with van der Waals surface area (Å²) >= 11 is 0. The molecule has 2 N–H and O–H groups in total. The fraction of sp³-hybridized carbons (Fsp3) is 0.231. The van der Waals surface area contributed by atoms with Crippen molar-refractivity contribution in [1.82, 2.24) is 0 Å². The molecule has 0 aromatic heterocycles. The van der Waals surface area contributed by atoms with Crippen molar-refractivity contribution in [3.05, 3.63) is 29.8 Å². The van der Waals surface area contributed by atoms with Crippen LogP contribution in [0.2, 0.25) is 0 Å². The predicted molar refractivity (Wildman–Crippen MR) is 62.2 cm³/mol. The minimum Gasteiger partial charge on any atom is -0.481 e. The van der Waals surface area contributed by atoms with Crippen molar-refractivity contribution in [1.29, 1.82) is 0 Å². The molecule has 0 radical (unpaired) electrons. The van der Waals surface area contributed by atoms with Gasteiger partial charge in [0.05, 0.1) is 11.8 Å². The maximum atomic E-state index is 11.7. The second-order valence-corrected chi connectivity index (χ2v) is 4.00. The number of benzene rings is 1. The maximum absolute atomic E-state index is 11.7. The van der Waals surface area contributed by atoms with Crippen molar-refractivity contribution >= 4 is 17.6 Å². The Hall–Kier alpha value is -2.28. The first kappa shape index (κ1) is 11.2. The average Bonchev–Trinajstić information content (AvgIpc) is 3.09. The number of rotatable bonds is 3. The van der Waals surface area contributed by atoms with Gasteiger partial charge in [-0.25, -0.2) is 0 Å². The van der Waals surface area contributed by atoms with Gasteiger partial charge in [-0.1, -0.05) is 12.0 Å². The lowest BCUT2D eigenvalue weighted by Gasteiger charge is -2.04. The molecule has 0 heterocycles. The molecule has 2 unspecified atom stereocenters. The first-order valence-electron chi connectivity index (χ1n) is 5.22. The molecule has 1 aliphatic carbocycles. The van der Waals surface area contributed by atoms with Crippen molar-refractivity contribution in [3.8, 4) is 12.3 Å². The van der Waals surface area contributed by atoms with Crippen molar-refractivity contribution in [3.63, 3.8) is 0 Å². The highest BCUT2D eigenvalue weighted by molar-refractivity contribution is 5.98. The highest BCUT2D eigenvalue weighted by Crippen LogP contribution is 2.39. The SMILES string of the molecule is C#Cc1cccc(NC(=O)C2CC2C(=O)O)c1. The molecule has 4 nitrogen and oxygen atoms in total. The van der Waals surface area contributed by atoms with Gasteiger partial charge < -0.3 is 10.4 Å². The van der Waals surface area contributed by atoms with E-state index in [0.29, 0.717) is 17.7 Å². The minimum absolute atomic E-state index is 0.258. The molecule has 0 saturated heterocycles. The molecule has 0 spiro atoms. The maximum Gasteiger partial charge on any atom is 0.307 e. The Labute approximate surface area is 98.6 Å². The van der Waals surface area contributed by atoms with Gasteiger partial charge in [0.15, 0.2) is 0 Å². The molecule has 1 aromatic rings. The van der Waals surface area contributed by atoms with Gasteiger partial charge >= 0.3 is 5.97 Å². The number of carboxylic acid groups (broad SMARTS) is 1. The molecule has 86 valence electrons. The summed E-state index contributed by atoms with van der Waals surface area (Å²) < 4.78 is 0. The zero-order valence-electron chi connectivity index (χ0n) is 9.01. The van der Waals surface area contributed by atoms with E-state index in [-0.39, 0.29) is 5.91 Å². The van der Waals surface area contributed by atoms with Gasteiger partial charge in [0.1, 0.15) is 0 Å². The minimum atomic E-state index is -0.914. The van der Waals surface area contributed by atoms with Gasteiger partial charge in [-0.2, -0.15) is 0 Å². The van der Waals surface area contributed by atoms with E-state index in [4.69, 9.17) is 11.5 Å². The van der Waals surface area contributed by atoms with Crippen LogP contribution in [0.1, 0.15) is 12.0 Å². The number of carbonyl (C=O) groups excluding carboxylic acids is 1. The Morgan fingerprint density at radius 2 is 2.18 bits per heavy atom. The van der Waals surface area contributed by atoms with Crippen molar-refractivity contribution in [2.75, 3.05) is 5.32 Å². The summed E-state index contributed by atoms with van der Waals surface area (Å²) in [6.45, 7) is 0. The fourth-order valence-electron chi connectivity index (χ4n) is 1.68. The van der Waals surface area contributed by atoms with Gasteiger partial charge in [0, 0.05) is 11.3 Å². The van der Waals surface area contributed by atoms with Crippen LogP contribution < -0.4 is 5.32 Å². The third-order valence-corrected chi connectivity index (χ3v) is 2.74. The van der Waals surface area contributed by atoms with E-state index in [2.05, 4.69) is 11.2 Å². The van der Waals surface area contributed by atoms with Crippen molar-refractivity contribution in [2.45, 2.75) is 6.42 Å². The molecule has 2 rings (SSSR count). The quantitative estimate of drug-likeness (QED) is 0.768. The summed E-state index contributed by atoms with van der Waals surface area (Å²) in [5, 5.41) is 11.4. The Morgan fingerprint density at radius 1 is 1.41 bits per heavy atom. The van der Waals surface area contributed by atoms with Gasteiger partial charge in [-0.05, 0) is 24.6 Å². The monoisotopic (exact) mass is 229 g/mol. The highest BCUT2D eigenvalue weighted by atomic mass is 16.4. The van der Waals surface area contributed by atoms with Gasteiger partial charge in [0.25, 0.3) is 0 Å². The topological polar surface area (TPSA) is 66.4 Å².